The van der Waals surface area contributed by atoms with E-state index in [1.807, 2.05) is 13.8 Å². The number of hydrogen-bond acceptors (Lipinski definition) is 3. The minimum atomic E-state index is -3.66. The van der Waals surface area contributed by atoms with Crippen LogP contribution in [0.4, 0.5) is 0 Å². The zero-order valence-corrected chi connectivity index (χ0v) is 12.4. The van der Waals surface area contributed by atoms with Gasteiger partial charge in [-0.1, -0.05) is 19.9 Å². The summed E-state index contributed by atoms with van der Waals surface area (Å²) >= 11 is 0. The molecule has 6 heteroatoms. The van der Waals surface area contributed by atoms with Gasteiger partial charge in [0, 0.05) is 6.54 Å². The summed E-state index contributed by atoms with van der Waals surface area (Å²) in [5, 5.41) is 9.02. The maximum absolute atomic E-state index is 12.4. The second-order valence-corrected chi connectivity index (χ2v) is 7.24. The Labute approximate surface area is 119 Å². The van der Waals surface area contributed by atoms with Crippen molar-refractivity contribution in [3.8, 4) is 0 Å². The molecule has 0 spiro atoms. The van der Waals surface area contributed by atoms with E-state index in [0.717, 1.165) is 12.8 Å². The molecule has 0 aromatic heterocycles. The molecule has 0 atom stereocenters. The Kier molecular flexibility index (Phi) is 4.15. The largest absolute Gasteiger partial charge is 0.478 e. The SMILES string of the molecule is CC(C)c1ccc(C(=O)O)cc1S(=O)(=O)NCC1CC1. The van der Waals surface area contributed by atoms with E-state index >= 15 is 0 Å². The minimum Gasteiger partial charge on any atom is -0.478 e. The number of aromatic carboxylic acids is 1. The Bertz CT molecular complexity index is 618. The van der Waals surface area contributed by atoms with Gasteiger partial charge in [-0.15, -0.1) is 0 Å². The predicted octanol–water partition coefficient (Wildman–Crippen LogP) is 2.20. The van der Waals surface area contributed by atoms with Crippen LogP contribution in [0.25, 0.3) is 0 Å². The van der Waals surface area contributed by atoms with Gasteiger partial charge in [-0.05, 0) is 42.4 Å². The molecule has 0 amide bonds. The van der Waals surface area contributed by atoms with Gasteiger partial charge in [0.2, 0.25) is 10.0 Å². The molecule has 2 N–H and O–H groups in total. The van der Waals surface area contributed by atoms with Crippen molar-refractivity contribution in [1.82, 2.24) is 4.72 Å². The van der Waals surface area contributed by atoms with Crippen molar-refractivity contribution in [2.24, 2.45) is 5.92 Å². The van der Waals surface area contributed by atoms with Crippen molar-refractivity contribution < 1.29 is 18.3 Å². The number of carboxylic acids is 1. The fraction of sp³-hybridized carbons (Fsp3) is 0.500. The first-order valence-electron chi connectivity index (χ1n) is 6.68. The van der Waals surface area contributed by atoms with Crippen LogP contribution >= 0.6 is 0 Å². The quantitative estimate of drug-likeness (QED) is 0.843. The molecule has 1 fully saturated rings. The zero-order valence-electron chi connectivity index (χ0n) is 11.6. The third-order valence-electron chi connectivity index (χ3n) is 3.43. The van der Waals surface area contributed by atoms with Gasteiger partial charge in [0.25, 0.3) is 0 Å². The second kappa shape index (κ2) is 5.54. The van der Waals surface area contributed by atoms with Crippen molar-refractivity contribution in [2.75, 3.05) is 6.54 Å². The summed E-state index contributed by atoms with van der Waals surface area (Å²) in [5.41, 5.74) is 0.625. The van der Waals surface area contributed by atoms with Gasteiger partial charge < -0.3 is 5.11 Å². The maximum Gasteiger partial charge on any atom is 0.335 e. The van der Waals surface area contributed by atoms with Gasteiger partial charge >= 0.3 is 5.97 Å². The molecule has 110 valence electrons. The van der Waals surface area contributed by atoms with E-state index in [-0.39, 0.29) is 16.4 Å². The fourth-order valence-electron chi connectivity index (χ4n) is 2.00. The molecule has 0 unspecified atom stereocenters. The Morgan fingerprint density at radius 3 is 2.55 bits per heavy atom. The van der Waals surface area contributed by atoms with Crippen LogP contribution in [0.5, 0.6) is 0 Å². The lowest BCUT2D eigenvalue weighted by Gasteiger charge is -2.14. The second-order valence-electron chi connectivity index (χ2n) is 5.51. The fourth-order valence-corrected chi connectivity index (χ4v) is 3.51. The van der Waals surface area contributed by atoms with Crippen LogP contribution in [0.15, 0.2) is 23.1 Å². The van der Waals surface area contributed by atoms with Crippen molar-refractivity contribution in [3.05, 3.63) is 29.3 Å². The summed E-state index contributed by atoms with van der Waals surface area (Å²) < 4.78 is 27.3. The first kappa shape index (κ1) is 15.0. The van der Waals surface area contributed by atoms with E-state index in [1.165, 1.54) is 12.1 Å². The number of hydrogen-bond donors (Lipinski definition) is 2. The standard InChI is InChI=1S/C14H19NO4S/c1-9(2)12-6-5-11(14(16)17)7-13(12)20(18,19)15-8-10-3-4-10/h5-7,9-10,15H,3-4,8H2,1-2H3,(H,16,17). The number of sulfonamides is 1. The summed E-state index contributed by atoms with van der Waals surface area (Å²) in [4.78, 5) is 11.1. The summed E-state index contributed by atoms with van der Waals surface area (Å²) in [6.45, 7) is 4.20. The Morgan fingerprint density at radius 1 is 1.40 bits per heavy atom. The molecule has 1 aliphatic rings. The monoisotopic (exact) mass is 297 g/mol. The Balaban J connectivity index is 2.39. The summed E-state index contributed by atoms with van der Waals surface area (Å²) in [5.74, 6) is -0.695. The van der Waals surface area contributed by atoms with Crippen molar-refractivity contribution in [2.45, 2.75) is 37.5 Å². The molecule has 0 bridgehead atoms. The molecule has 0 heterocycles. The van der Waals surface area contributed by atoms with E-state index in [2.05, 4.69) is 4.72 Å². The van der Waals surface area contributed by atoms with Crippen molar-refractivity contribution >= 4 is 16.0 Å². The van der Waals surface area contributed by atoms with Crippen LogP contribution in [-0.4, -0.2) is 26.0 Å². The number of carboxylic acid groups (broad SMARTS) is 1. The molecule has 5 nitrogen and oxygen atoms in total. The van der Waals surface area contributed by atoms with Gasteiger partial charge in [0.15, 0.2) is 0 Å². The van der Waals surface area contributed by atoms with Gasteiger partial charge in [-0.2, -0.15) is 0 Å². The molecule has 1 aliphatic carbocycles. The molecular formula is C14H19NO4S. The number of carbonyl (C=O) groups is 1. The molecule has 1 aromatic rings. The van der Waals surface area contributed by atoms with E-state index in [4.69, 9.17) is 5.11 Å². The molecule has 1 aromatic carbocycles. The maximum atomic E-state index is 12.4. The van der Waals surface area contributed by atoms with Crippen molar-refractivity contribution in [1.29, 1.82) is 0 Å². The summed E-state index contributed by atoms with van der Waals surface area (Å²) in [6.07, 6.45) is 2.10. The van der Waals surface area contributed by atoms with Gasteiger partial charge in [0.1, 0.15) is 0 Å². The normalized spacial score (nSPS) is 15.6. The lowest BCUT2D eigenvalue weighted by atomic mass is 10.0. The molecule has 0 radical (unpaired) electrons. The average molecular weight is 297 g/mol. The highest BCUT2D eigenvalue weighted by molar-refractivity contribution is 7.89. The minimum absolute atomic E-state index is 0.00495. The van der Waals surface area contributed by atoms with Gasteiger partial charge in [0.05, 0.1) is 10.5 Å². The van der Waals surface area contributed by atoms with Crippen LogP contribution in [0.1, 0.15) is 48.5 Å². The lowest BCUT2D eigenvalue weighted by Crippen LogP contribution is -2.27. The van der Waals surface area contributed by atoms with E-state index < -0.39 is 16.0 Å². The van der Waals surface area contributed by atoms with E-state index in [9.17, 15) is 13.2 Å². The van der Waals surface area contributed by atoms with E-state index in [1.54, 1.807) is 6.07 Å². The lowest BCUT2D eigenvalue weighted by molar-refractivity contribution is 0.0696. The highest BCUT2D eigenvalue weighted by Gasteiger charge is 2.26. The molecule has 0 aliphatic heterocycles. The summed E-state index contributed by atoms with van der Waals surface area (Å²) in [7, 11) is -3.66. The first-order chi connectivity index (χ1) is 9.31. The Hall–Kier alpha value is -1.40. The highest BCUT2D eigenvalue weighted by Crippen LogP contribution is 2.29. The molecule has 2 rings (SSSR count). The molecule has 0 saturated heterocycles. The van der Waals surface area contributed by atoms with Crippen molar-refractivity contribution in [3.63, 3.8) is 0 Å². The first-order valence-corrected chi connectivity index (χ1v) is 8.16. The number of benzene rings is 1. The number of nitrogens with one attached hydrogen (secondary N) is 1. The van der Waals surface area contributed by atoms with Crippen LogP contribution in [0.2, 0.25) is 0 Å². The molecular weight excluding hydrogens is 278 g/mol. The van der Waals surface area contributed by atoms with Crippen LogP contribution in [0, 0.1) is 5.92 Å². The highest BCUT2D eigenvalue weighted by atomic mass is 32.2. The topological polar surface area (TPSA) is 83.5 Å². The van der Waals surface area contributed by atoms with Gasteiger partial charge in [-0.25, -0.2) is 17.9 Å². The van der Waals surface area contributed by atoms with Crippen LogP contribution in [0.3, 0.4) is 0 Å². The molecule has 1 saturated carbocycles. The van der Waals surface area contributed by atoms with Crippen LogP contribution in [-0.2, 0) is 10.0 Å². The number of rotatable bonds is 6. The zero-order chi connectivity index (χ0) is 14.9. The Morgan fingerprint density at radius 2 is 2.05 bits per heavy atom. The molecule has 20 heavy (non-hydrogen) atoms. The summed E-state index contributed by atoms with van der Waals surface area (Å²) in [6, 6.07) is 4.27. The predicted molar refractivity (Wildman–Crippen MR) is 75.4 cm³/mol. The third-order valence-corrected chi connectivity index (χ3v) is 4.91. The van der Waals surface area contributed by atoms with E-state index in [0.29, 0.717) is 18.0 Å². The third kappa shape index (κ3) is 3.37. The average Bonchev–Trinajstić information content (AvgIpc) is 3.19. The van der Waals surface area contributed by atoms with Gasteiger partial charge in [-0.3, -0.25) is 0 Å². The smallest absolute Gasteiger partial charge is 0.335 e. The van der Waals surface area contributed by atoms with Crippen LogP contribution < -0.4 is 4.72 Å².